The number of hydrogen-bond donors (Lipinski definition) is 2. The molecule has 0 bridgehead atoms. The van der Waals surface area contributed by atoms with Gasteiger partial charge in [0.05, 0.1) is 5.56 Å². The summed E-state index contributed by atoms with van der Waals surface area (Å²) in [4.78, 5) is 13.8. The number of aryl methyl sites for hydroxylation is 1. The van der Waals surface area contributed by atoms with Gasteiger partial charge in [0, 0.05) is 17.1 Å². The first-order chi connectivity index (χ1) is 6.18. The molecule has 0 saturated heterocycles. The maximum absolute atomic E-state index is 10.7. The van der Waals surface area contributed by atoms with Crippen LogP contribution in [0.3, 0.4) is 0 Å². The number of fused-ring (bicyclic) bond motifs is 1. The van der Waals surface area contributed by atoms with E-state index in [0.717, 1.165) is 16.5 Å². The van der Waals surface area contributed by atoms with E-state index in [4.69, 9.17) is 5.11 Å². The summed E-state index contributed by atoms with van der Waals surface area (Å²) in [5.41, 5.74) is 2.30. The number of H-pyrrole nitrogens is 1. The van der Waals surface area contributed by atoms with Crippen LogP contribution in [0, 0.1) is 6.92 Å². The Morgan fingerprint density at radius 2 is 2.23 bits per heavy atom. The van der Waals surface area contributed by atoms with Gasteiger partial charge in [-0.3, -0.25) is 0 Å². The van der Waals surface area contributed by atoms with Gasteiger partial charge in [-0.2, -0.15) is 0 Å². The van der Waals surface area contributed by atoms with Crippen molar-refractivity contribution in [3.05, 3.63) is 35.5 Å². The monoisotopic (exact) mass is 175 g/mol. The van der Waals surface area contributed by atoms with Gasteiger partial charge in [0.1, 0.15) is 0 Å². The minimum absolute atomic E-state index is 0.338. The lowest BCUT2D eigenvalue weighted by atomic mass is 10.1. The SMILES string of the molecule is Cc1cc(C(=O)O)cc2cc[nH]c12. The Balaban J connectivity index is 2.77. The van der Waals surface area contributed by atoms with Crippen LogP contribution in [-0.2, 0) is 0 Å². The summed E-state index contributed by atoms with van der Waals surface area (Å²) in [5.74, 6) is -0.883. The van der Waals surface area contributed by atoms with E-state index in [-0.39, 0.29) is 0 Å². The number of benzene rings is 1. The predicted molar refractivity (Wildman–Crippen MR) is 50.0 cm³/mol. The quantitative estimate of drug-likeness (QED) is 0.697. The predicted octanol–water partition coefficient (Wildman–Crippen LogP) is 2.17. The second-order valence-corrected chi connectivity index (χ2v) is 3.04. The average molecular weight is 175 g/mol. The molecule has 0 aliphatic carbocycles. The van der Waals surface area contributed by atoms with Crippen LogP contribution >= 0.6 is 0 Å². The van der Waals surface area contributed by atoms with Crippen molar-refractivity contribution in [2.24, 2.45) is 0 Å². The van der Waals surface area contributed by atoms with Gasteiger partial charge in [-0.05, 0) is 30.7 Å². The van der Waals surface area contributed by atoms with Gasteiger partial charge in [-0.15, -0.1) is 0 Å². The summed E-state index contributed by atoms with van der Waals surface area (Å²) in [6, 6.07) is 5.21. The zero-order chi connectivity index (χ0) is 9.42. The summed E-state index contributed by atoms with van der Waals surface area (Å²) in [7, 11) is 0. The summed E-state index contributed by atoms with van der Waals surface area (Å²) < 4.78 is 0. The van der Waals surface area contributed by atoms with Gasteiger partial charge in [0.2, 0.25) is 0 Å². The normalized spacial score (nSPS) is 10.5. The Morgan fingerprint density at radius 3 is 2.92 bits per heavy atom. The van der Waals surface area contributed by atoms with Crippen LogP contribution in [0.4, 0.5) is 0 Å². The standard InChI is InChI=1S/C10H9NO2/c1-6-4-8(10(12)13)5-7-2-3-11-9(6)7/h2-5,11H,1H3,(H,12,13). The lowest BCUT2D eigenvalue weighted by Crippen LogP contribution is -1.96. The minimum atomic E-state index is -0.883. The summed E-state index contributed by atoms with van der Waals surface area (Å²) in [5, 5.41) is 9.74. The highest BCUT2D eigenvalue weighted by Crippen LogP contribution is 2.18. The molecule has 0 fully saturated rings. The smallest absolute Gasteiger partial charge is 0.335 e. The molecule has 1 aromatic carbocycles. The van der Waals surface area contributed by atoms with E-state index in [1.54, 1.807) is 12.1 Å². The molecule has 66 valence electrons. The Hall–Kier alpha value is -1.77. The topological polar surface area (TPSA) is 53.1 Å². The maximum atomic E-state index is 10.7. The summed E-state index contributed by atoms with van der Waals surface area (Å²) in [6.07, 6.45) is 1.81. The van der Waals surface area contributed by atoms with Gasteiger partial charge in [-0.25, -0.2) is 4.79 Å². The van der Waals surface area contributed by atoms with Crippen LogP contribution in [0.2, 0.25) is 0 Å². The van der Waals surface area contributed by atoms with Gasteiger partial charge >= 0.3 is 5.97 Å². The number of carbonyl (C=O) groups is 1. The third kappa shape index (κ3) is 1.18. The molecular formula is C10H9NO2. The number of carboxylic acids is 1. The number of aromatic nitrogens is 1. The number of hydrogen-bond acceptors (Lipinski definition) is 1. The Bertz CT molecular complexity index is 471. The second-order valence-electron chi connectivity index (χ2n) is 3.04. The fourth-order valence-electron chi connectivity index (χ4n) is 1.48. The van der Waals surface area contributed by atoms with Crippen LogP contribution < -0.4 is 0 Å². The molecule has 1 heterocycles. The second kappa shape index (κ2) is 2.62. The van der Waals surface area contributed by atoms with Crippen molar-refractivity contribution in [2.75, 3.05) is 0 Å². The molecule has 13 heavy (non-hydrogen) atoms. The zero-order valence-electron chi connectivity index (χ0n) is 7.16. The fraction of sp³-hybridized carbons (Fsp3) is 0.100. The number of carboxylic acid groups (broad SMARTS) is 1. The molecule has 0 aliphatic heterocycles. The van der Waals surface area contributed by atoms with E-state index in [1.165, 1.54) is 0 Å². The molecule has 1 aromatic heterocycles. The Labute approximate surface area is 75.0 Å². The van der Waals surface area contributed by atoms with E-state index in [1.807, 2.05) is 19.2 Å². The highest BCUT2D eigenvalue weighted by atomic mass is 16.4. The molecule has 0 atom stereocenters. The van der Waals surface area contributed by atoms with Crippen molar-refractivity contribution in [1.29, 1.82) is 0 Å². The van der Waals surface area contributed by atoms with Crippen molar-refractivity contribution < 1.29 is 9.90 Å². The molecule has 3 nitrogen and oxygen atoms in total. The van der Waals surface area contributed by atoms with E-state index in [0.29, 0.717) is 5.56 Å². The summed E-state index contributed by atoms with van der Waals surface area (Å²) in [6.45, 7) is 1.89. The van der Waals surface area contributed by atoms with Crippen LogP contribution in [0.1, 0.15) is 15.9 Å². The molecule has 3 heteroatoms. The van der Waals surface area contributed by atoms with E-state index >= 15 is 0 Å². The molecule has 0 unspecified atom stereocenters. The van der Waals surface area contributed by atoms with Gasteiger partial charge < -0.3 is 10.1 Å². The number of rotatable bonds is 1. The first-order valence-electron chi connectivity index (χ1n) is 3.99. The van der Waals surface area contributed by atoms with E-state index in [2.05, 4.69) is 4.98 Å². The molecule has 0 amide bonds. The molecule has 0 spiro atoms. The number of aromatic amines is 1. The van der Waals surface area contributed by atoms with Crippen LogP contribution in [-0.4, -0.2) is 16.1 Å². The van der Waals surface area contributed by atoms with Gasteiger partial charge in [0.15, 0.2) is 0 Å². The van der Waals surface area contributed by atoms with Gasteiger partial charge in [0.25, 0.3) is 0 Å². The van der Waals surface area contributed by atoms with Gasteiger partial charge in [-0.1, -0.05) is 0 Å². The van der Waals surface area contributed by atoms with Crippen molar-refractivity contribution in [3.63, 3.8) is 0 Å². The first kappa shape index (κ1) is 7.86. The Kier molecular flexibility index (Phi) is 1.59. The molecule has 2 aromatic rings. The molecule has 2 N–H and O–H groups in total. The van der Waals surface area contributed by atoms with Crippen molar-refractivity contribution in [1.82, 2.24) is 4.98 Å². The van der Waals surface area contributed by atoms with E-state index < -0.39 is 5.97 Å². The minimum Gasteiger partial charge on any atom is -0.478 e. The van der Waals surface area contributed by atoms with E-state index in [9.17, 15) is 4.79 Å². The Morgan fingerprint density at radius 1 is 1.46 bits per heavy atom. The number of aromatic carboxylic acids is 1. The third-order valence-corrected chi connectivity index (χ3v) is 2.10. The van der Waals surface area contributed by atoms with Crippen molar-refractivity contribution in [3.8, 4) is 0 Å². The average Bonchev–Trinajstić information content (AvgIpc) is 2.51. The highest BCUT2D eigenvalue weighted by molar-refractivity contribution is 5.94. The maximum Gasteiger partial charge on any atom is 0.335 e. The third-order valence-electron chi connectivity index (χ3n) is 2.10. The zero-order valence-corrected chi connectivity index (χ0v) is 7.16. The molecule has 0 aliphatic rings. The molecule has 2 rings (SSSR count). The molecular weight excluding hydrogens is 166 g/mol. The largest absolute Gasteiger partial charge is 0.478 e. The first-order valence-corrected chi connectivity index (χ1v) is 3.99. The van der Waals surface area contributed by atoms with Crippen LogP contribution in [0.15, 0.2) is 24.4 Å². The molecule has 0 radical (unpaired) electrons. The van der Waals surface area contributed by atoms with Crippen molar-refractivity contribution >= 4 is 16.9 Å². The van der Waals surface area contributed by atoms with Crippen molar-refractivity contribution in [2.45, 2.75) is 6.92 Å². The number of nitrogens with one attached hydrogen (secondary N) is 1. The summed E-state index contributed by atoms with van der Waals surface area (Å²) >= 11 is 0. The van der Waals surface area contributed by atoms with Crippen LogP contribution in [0.25, 0.3) is 10.9 Å². The molecule has 0 saturated carbocycles. The lowest BCUT2D eigenvalue weighted by Gasteiger charge is -1.99. The highest BCUT2D eigenvalue weighted by Gasteiger charge is 2.06. The lowest BCUT2D eigenvalue weighted by molar-refractivity contribution is 0.0697. The van der Waals surface area contributed by atoms with Crippen LogP contribution in [0.5, 0.6) is 0 Å². The fourth-order valence-corrected chi connectivity index (χ4v) is 1.48.